The van der Waals surface area contributed by atoms with E-state index in [1.807, 2.05) is 23.1 Å². The smallest absolute Gasteiger partial charge is 0.254 e. The first-order chi connectivity index (χ1) is 12.6. The van der Waals surface area contributed by atoms with Crippen LogP contribution in [0.5, 0.6) is 11.5 Å². The van der Waals surface area contributed by atoms with Crippen molar-refractivity contribution in [1.82, 2.24) is 4.90 Å². The maximum Gasteiger partial charge on any atom is 0.254 e. The molecule has 0 bridgehead atoms. The van der Waals surface area contributed by atoms with E-state index in [9.17, 15) is 9.59 Å². The summed E-state index contributed by atoms with van der Waals surface area (Å²) in [5, 5.41) is 0. The highest BCUT2D eigenvalue weighted by molar-refractivity contribution is 5.95. The van der Waals surface area contributed by atoms with E-state index in [0.29, 0.717) is 35.1 Å². The number of ether oxygens (including phenoxy) is 2. The number of primary amides is 1. The van der Waals surface area contributed by atoms with Gasteiger partial charge in [0.15, 0.2) is 11.5 Å². The Bertz CT molecular complexity index is 865. The summed E-state index contributed by atoms with van der Waals surface area (Å²) < 4.78 is 10.6. The summed E-state index contributed by atoms with van der Waals surface area (Å²) in [4.78, 5) is 26.0. The van der Waals surface area contributed by atoms with Crippen molar-refractivity contribution in [1.29, 1.82) is 0 Å². The molecule has 1 fully saturated rings. The highest BCUT2D eigenvalue weighted by Gasteiger charge is 2.28. The lowest BCUT2D eigenvalue weighted by molar-refractivity contribution is 0.0786. The first-order valence-electron chi connectivity index (χ1n) is 8.68. The molecule has 2 aromatic rings. The van der Waals surface area contributed by atoms with E-state index in [1.54, 1.807) is 24.3 Å². The average Bonchev–Trinajstić information content (AvgIpc) is 3.30. The van der Waals surface area contributed by atoms with Gasteiger partial charge in [0, 0.05) is 24.2 Å². The van der Waals surface area contributed by atoms with Crippen LogP contribution in [-0.4, -0.2) is 36.6 Å². The minimum Gasteiger partial charge on any atom is -0.454 e. The Balaban J connectivity index is 1.41. The van der Waals surface area contributed by atoms with Gasteiger partial charge in [-0.1, -0.05) is 12.1 Å². The van der Waals surface area contributed by atoms with Gasteiger partial charge in [0.25, 0.3) is 5.91 Å². The van der Waals surface area contributed by atoms with E-state index < -0.39 is 5.91 Å². The van der Waals surface area contributed by atoms with Crippen molar-refractivity contribution in [2.75, 3.05) is 19.9 Å². The van der Waals surface area contributed by atoms with E-state index in [4.69, 9.17) is 15.2 Å². The molecule has 6 heteroatoms. The van der Waals surface area contributed by atoms with Gasteiger partial charge in [0.05, 0.1) is 0 Å². The Labute approximate surface area is 151 Å². The van der Waals surface area contributed by atoms with Crippen LogP contribution in [0.1, 0.15) is 32.7 Å². The lowest BCUT2D eigenvalue weighted by Gasteiger charge is -2.17. The molecule has 4 rings (SSSR count). The summed E-state index contributed by atoms with van der Waals surface area (Å²) in [7, 11) is 0. The first kappa shape index (κ1) is 16.4. The molecular formula is C20H20N2O4. The van der Waals surface area contributed by atoms with Gasteiger partial charge in [-0.2, -0.15) is 0 Å². The van der Waals surface area contributed by atoms with Gasteiger partial charge in [-0.25, -0.2) is 0 Å². The van der Waals surface area contributed by atoms with Crippen LogP contribution in [0.3, 0.4) is 0 Å². The second-order valence-electron chi connectivity index (χ2n) is 6.74. The number of fused-ring (bicyclic) bond motifs is 1. The molecule has 0 aliphatic carbocycles. The van der Waals surface area contributed by atoms with Crippen molar-refractivity contribution in [3.05, 3.63) is 59.2 Å². The molecule has 2 heterocycles. The Kier molecular flexibility index (Phi) is 4.24. The lowest BCUT2D eigenvalue weighted by Crippen LogP contribution is -2.28. The second-order valence-corrected chi connectivity index (χ2v) is 6.74. The number of rotatable bonds is 4. The van der Waals surface area contributed by atoms with Gasteiger partial charge in [-0.3, -0.25) is 9.59 Å². The Morgan fingerprint density at radius 3 is 2.77 bits per heavy atom. The van der Waals surface area contributed by atoms with Crippen LogP contribution in [0, 0.1) is 5.92 Å². The Morgan fingerprint density at radius 2 is 1.92 bits per heavy atom. The predicted octanol–water partition coefficient (Wildman–Crippen LogP) is 2.22. The number of amides is 2. The molecule has 26 heavy (non-hydrogen) atoms. The van der Waals surface area contributed by atoms with Gasteiger partial charge < -0.3 is 20.1 Å². The zero-order chi connectivity index (χ0) is 18.1. The van der Waals surface area contributed by atoms with Crippen LogP contribution >= 0.6 is 0 Å². The summed E-state index contributed by atoms with van der Waals surface area (Å²) in [5.41, 5.74) is 7.56. The first-order valence-corrected chi connectivity index (χ1v) is 8.68. The van der Waals surface area contributed by atoms with Gasteiger partial charge in [0.2, 0.25) is 12.7 Å². The molecule has 0 spiro atoms. The molecular weight excluding hydrogens is 332 g/mol. The van der Waals surface area contributed by atoms with Crippen molar-refractivity contribution < 1.29 is 19.1 Å². The number of likely N-dealkylation sites (tertiary alicyclic amines) is 1. The molecule has 0 radical (unpaired) electrons. The molecule has 1 atom stereocenters. The van der Waals surface area contributed by atoms with Crippen LogP contribution in [0.15, 0.2) is 42.5 Å². The van der Waals surface area contributed by atoms with Crippen LogP contribution in [-0.2, 0) is 6.42 Å². The van der Waals surface area contributed by atoms with E-state index >= 15 is 0 Å². The molecule has 134 valence electrons. The lowest BCUT2D eigenvalue weighted by atomic mass is 9.97. The predicted molar refractivity (Wildman–Crippen MR) is 95.2 cm³/mol. The summed E-state index contributed by atoms with van der Waals surface area (Å²) in [6, 6.07) is 12.7. The Hall–Kier alpha value is -3.02. The molecule has 1 saturated heterocycles. The third-order valence-corrected chi connectivity index (χ3v) is 4.93. The number of hydrogen-bond donors (Lipinski definition) is 1. The maximum absolute atomic E-state index is 12.8. The van der Waals surface area contributed by atoms with Gasteiger partial charge in [0.1, 0.15) is 0 Å². The molecule has 0 unspecified atom stereocenters. The topological polar surface area (TPSA) is 81.9 Å². The van der Waals surface area contributed by atoms with E-state index in [-0.39, 0.29) is 12.7 Å². The molecule has 0 aromatic heterocycles. The maximum atomic E-state index is 12.8. The summed E-state index contributed by atoms with van der Waals surface area (Å²) in [5.74, 6) is 1.26. The number of nitrogens with zero attached hydrogens (tertiary/aromatic N) is 1. The monoisotopic (exact) mass is 352 g/mol. The average molecular weight is 352 g/mol. The fourth-order valence-electron chi connectivity index (χ4n) is 3.58. The largest absolute Gasteiger partial charge is 0.454 e. The van der Waals surface area contributed by atoms with Gasteiger partial charge in [-0.15, -0.1) is 0 Å². The summed E-state index contributed by atoms with van der Waals surface area (Å²) >= 11 is 0. The number of hydrogen-bond acceptors (Lipinski definition) is 4. The summed E-state index contributed by atoms with van der Waals surface area (Å²) in [6.45, 7) is 1.63. The zero-order valence-corrected chi connectivity index (χ0v) is 14.3. The minimum atomic E-state index is -0.419. The van der Waals surface area contributed by atoms with E-state index in [1.165, 1.54) is 0 Å². The number of carbonyl (C=O) groups is 2. The van der Waals surface area contributed by atoms with E-state index in [2.05, 4.69) is 0 Å². The van der Waals surface area contributed by atoms with Crippen molar-refractivity contribution >= 4 is 11.8 Å². The quantitative estimate of drug-likeness (QED) is 0.915. The van der Waals surface area contributed by atoms with Crippen LogP contribution in [0.25, 0.3) is 0 Å². The van der Waals surface area contributed by atoms with Crippen molar-refractivity contribution in [3.63, 3.8) is 0 Å². The van der Waals surface area contributed by atoms with Crippen molar-refractivity contribution in [3.8, 4) is 11.5 Å². The molecule has 0 saturated carbocycles. The van der Waals surface area contributed by atoms with Crippen LogP contribution < -0.4 is 15.2 Å². The highest BCUT2D eigenvalue weighted by Crippen LogP contribution is 2.33. The van der Waals surface area contributed by atoms with E-state index in [0.717, 1.165) is 24.9 Å². The third kappa shape index (κ3) is 3.22. The number of nitrogens with two attached hydrogens (primary N) is 1. The number of carbonyl (C=O) groups excluding carboxylic acids is 2. The fourth-order valence-corrected chi connectivity index (χ4v) is 3.58. The Morgan fingerprint density at radius 1 is 1.08 bits per heavy atom. The normalized spacial score (nSPS) is 18.2. The minimum absolute atomic E-state index is 0.0108. The van der Waals surface area contributed by atoms with Crippen molar-refractivity contribution in [2.45, 2.75) is 12.8 Å². The van der Waals surface area contributed by atoms with Gasteiger partial charge >= 0.3 is 0 Å². The second kappa shape index (κ2) is 6.71. The zero-order valence-electron chi connectivity index (χ0n) is 14.3. The SMILES string of the molecule is NC(=O)c1cccc(C[C@H]2CCN(C(=O)c3ccc4c(c3)OCO4)C2)c1. The van der Waals surface area contributed by atoms with Crippen LogP contribution in [0.4, 0.5) is 0 Å². The molecule has 2 aromatic carbocycles. The summed E-state index contributed by atoms with van der Waals surface area (Å²) in [6.07, 6.45) is 1.77. The molecule has 2 aliphatic heterocycles. The molecule has 2 aliphatic rings. The fraction of sp³-hybridized carbons (Fsp3) is 0.300. The third-order valence-electron chi connectivity index (χ3n) is 4.93. The van der Waals surface area contributed by atoms with Gasteiger partial charge in [-0.05, 0) is 54.7 Å². The number of benzene rings is 2. The van der Waals surface area contributed by atoms with Crippen LogP contribution in [0.2, 0.25) is 0 Å². The highest BCUT2D eigenvalue weighted by atomic mass is 16.7. The molecule has 6 nitrogen and oxygen atoms in total. The standard InChI is InChI=1S/C20H20N2O4/c21-19(23)15-3-1-2-13(9-15)8-14-6-7-22(11-14)20(24)16-4-5-17-18(10-16)26-12-25-17/h1-5,9-10,14H,6-8,11-12H2,(H2,21,23)/t14-/m1/s1. The molecule has 2 amide bonds. The van der Waals surface area contributed by atoms with Crippen molar-refractivity contribution in [2.24, 2.45) is 11.7 Å². The molecule has 2 N–H and O–H groups in total.